The lowest BCUT2D eigenvalue weighted by Crippen LogP contribution is -2.49. The van der Waals surface area contributed by atoms with Crippen molar-refractivity contribution < 1.29 is 14.6 Å². The maximum atomic E-state index is 9.47. The first kappa shape index (κ1) is 17.0. The molecule has 4 heteroatoms. The van der Waals surface area contributed by atoms with E-state index in [0.29, 0.717) is 6.61 Å². The van der Waals surface area contributed by atoms with Gasteiger partial charge in [-0.05, 0) is 29.5 Å². The Hall–Kier alpha value is -1.10. The van der Waals surface area contributed by atoms with Crippen molar-refractivity contribution in [1.82, 2.24) is 0 Å². The molecule has 0 bridgehead atoms. The van der Waals surface area contributed by atoms with Gasteiger partial charge in [-0.1, -0.05) is 32.9 Å². The van der Waals surface area contributed by atoms with E-state index in [1.165, 1.54) is 5.56 Å². The van der Waals surface area contributed by atoms with Crippen molar-refractivity contribution in [2.24, 2.45) is 11.1 Å². The zero-order valence-electron chi connectivity index (χ0n) is 12.9. The molecule has 3 N–H and O–H groups in total. The van der Waals surface area contributed by atoms with Crippen molar-refractivity contribution in [2.75, 3.05) is 20.3 Å². The summed E-state index contributed by atoms with van der Waals surface area (Å²) in [4.78, 5) is 0. The molecule has 1 aromatic rings. The summed E-state index contributed by atoms with van der Waals surface area (Å²) >= 11 is 0. The van der Waals surface area contributed by atoms with E-state index in [0.717, 1.165) is 12.2 Å². The van der Waals surface area contributed by atoms with Crippen LogP contribution < -0.4 is 10.5 Å². The predicted octanol–water partition coefficient (Wildman–Crippen LogP) is 1.99. The number of methoxy groups -OCH3 is 1. The van der Waals surface area contributed by atoms with E-state index in [1.54, 1.807) is 7.11 Å². The van der Waals surface area contributed by atoms with Crippen LogP contribution in [0, 0.1) is 5.41 Å². The summed E-state index contributed by atoms with van der Waals surface area (Å²) in [5.74, 6) is 0.727. The Balaban J connectivity index is 2.66. The minimum absolute atomic E-state index is 0.0934. The lowest BCUT2D eigenvalue weighted by molar-refractivity contribution is 0.0592. The number of hydrogen-bond acceptors (Lipinski definition) is 4. The molecular formula is C16H27NO3. The standard InChI is InChI=1S/C16H27NO3/c1-16(2,3)15(17)14(11-18)20-13-7-5-12(6-8-13)9-10-19-4/h5-8,14-15,18H,9-11,17H2,1-4H3. The Morgan fingerprint density at radius 1 is 1.20 bits per heavy atom. The normalized spacial score (nSPS) is 14.9. The van der Waals surface area contributed by atoms with Crippen molar-refractivity contribution >= 4 is 0 Å². The molecule has 0 aliphatic rings. The van der Waals surface area contributed by atoms with Crippen LogP contribution in [-0.4, -0.2) is 37.6 Å². The van der Waals surface area contributed by atoms with Crippen LogP contribution in [0.15, 0.2) is 24.3 Å². The van der Waals surface area contributed by atoms with Crippen molar-refractivity contribution in [3.8, 4) is 5.75 Å². The fraction of sp³-hybridized carbons (Fsp3) is 0.625. The molecule has 0 heterocycles. The molecule has 0 amide bonds. The second-order valence-electron chi connectivity index (χ2n) is 6.12. The molecule has 0 aliphatic carbocycles. The zero-order valence-corrected chi connectivity index (χ0v) is 12.9. The topological polar surface area (TPSA) is 64.7 Å². The Bertz CT molecular complexity index is 384. The Labute approximate surface area is 121 Å². The van der Waals surface area contributed by atoms with Crippen molar-refractivity contribution in [1.29, 1.82) is 0 Å². The van der Waals surface area contributed by atoms with Gasteiger partial charge in [0.25, 0.3) is 0 Å². The fourth-order valence-corrected chi connectivity index (χ4v) is 1.91. The molecule has 0 aromatic heterocycles. The fourth-order valence-electron chi connectivity index (χ4n) is 1.91. The van der Waals surface area contributed by atoms with Gasteiger partial charge in [-0.15, -0.1) is 0 Å². The molecule has 1 rings (SSSR count). The van der Waals surface area contributed by atoms with E-state index in [9.17, 15) is 5.11 Å². The Morgan fingerprint density at radius 2 is 1.80 bits per heavy atom. The molecule has 0 saturated carbocycles. The maximum Gasteiger partial charge on any atom is 0.137 e. The van der Waals surface area contributed by atoms with E-state index in [2.05, 4.69) is 0 Å². The molecule has 0 saturated heterocycles. The van der Waals surface area contributed by atoms with Crippen molar-refractivity contribution in [3.05, 3.63) is 29.8 Å². The van der Waals surface area contributed by atoms with E-state index in [1.807, 2.05) is 45.0 Å². The predicted molar refractivity (Wildman–Crippen MR) is 81.0 cm³/mol. The summed E-state index contributed by atoms with van der Waals surface area (Å²) < 4.78 is 10.9. The van der Waals surface area contributed by atoms with Crippen LogP contribution >= 0.6 is 0 Å². The monoisotopic (exact) mass is 281 g/mol. The van der Waals surface area contributed by atoms with E-state index in [4.69, 9.17) is 15.2 Å². The van der Waals surface area contributed by atoms with Gasteiger partial charge < -0.3 is 20.3 Å². The summed E-state index contributed by atoms with van der Waals surface area (Å²) in [6, 6.07) is 7.59. The minimum atomic E-state index is -0.403. The molecule has 4 nitrogen and oxygen atoms in total. The molecule has 0 fully saturated rings. The summed E-state index contributed by atoms with van der Waals surface area (Å²) in [5.41, 5.74) is 7.22. The third-order valence-corrected chi connectivity index (χ3v) is 3.39. The molecule has 0 radical (unpaired) electrons. The van der Waals surface area contributed by atoms with Gasteiger partial charge >= 0.3 is 0 Å². The van der Waals surface area contributed by atoms with E-state index in [-0.39, 0.29) is 18.1 Å². The van der Waals surface area contributed by atoms with Gasteiger partial charge in [0, 0.05) is 13.2 Å². The highest BCUT2D eigenvalue weighted by Gasteiger charge is 2.30. The van der Waals surface area contributed by atoms with Gasteiger partial charge in [-0.25, -0.2) is 0 Å². The van der Waals surface area contributed by atoms with Gasteiger partial charge in [0.1, 0.15) is 11.9 Å². The Morgan fingerprint density at radius 3 is 2.25 bits per heavy atom. The van der Waals surface area contributed by atoms with Crippen LogP contribution in [0.5, 0.6) is 5.75 Å². The van der Waals surface area contributed by atoms with Crippen LogP contribution in [0.4, 0.5) is 0 Å². The second kappa shape index (κ2) is 7.62. The van der Waals surface area contributed by atoms with Crippen molar-refractivity contribution in [3.63, 3.8) is 0 Å². The molecular weight excluding hydrogens is 254 g/mol. The molecule has 1 aromatic carbocycles. The SMILES string of the molecule is COCCc1ccc(OC(CO)C(N)C(C)(C)C)cc1. The number of hydrogen-bond donors (Lipinski definition) is 2. The number of ether oxygens (including phenoxy) is 2. The third-order valence-electron chi connectivity index (χ3n) is 3.39. The molecule has 20 heavy (non-hydrogen) atoms. The van der Waals surface area contributed by atoms with Crippen LogP contribution in [0.2, 0.25) is 0 Å². The number of benzene rings is 1. The van der Waals surface area contributed by atoms with E-state index >= 15 is 0 Å². The van der Waals surface area contributed by atoms with Gasteiger partial charge in [-0.3, -0.25) is 0 Å². The number of aliphatic hydroxyl groups excluding tert-OH is 1. The number of nitrogens with two attached hydrogens (primary N) is 1. The first-order chi connectivity index (χ1) is 9.38. The van der Waals surface area contributed by atoms with Crippen LogP contribution in [0.3, 0.4) is 0 Å². The molecule has 2 unspecified atom stereocenters. The van der Waals surface area contributed by atoms with Gasteiger partial charge in [0.15, 0.2) is 0 Å². The molecule has 0 aliphatic heterocycles. The lowest BCUT2D eigenvalue weighted by atomic mass is 9.84. The summed E-state index contributed by atoms with van der Waals surface area (Å²) in [6.45, 7) is 6.73. The zero-order chi connectivity index (χ0) is 15.2. The maximum absolute atomic E-state index is 9.47. The average Bonchev–Trinajstić information content (AvgIpc) is 2.42. The first-order valence-corrected chi connectivity index (χ1v) is 6.99. The quantitative estimate of drug-likeness (QED) is 0.802. The summed E-state index contributed by atoms with van der Waals surface area (Å²) in [5, 5.41) is 9.47. The van der Waals surface area contributed by atoms with Crippen LogP contribution in [-0.2, 0) is 11.2 Å². The van der Waals surface area contributed by atoms with E-state index < -0.39 is 6.10 Å². The summed E-state index contributed by atoms with van der Waals surface area (Å²) in [7, 11) is 1.69. The van der Waals surface area contributed by atoms with Gasteiger partial charge in [-0.2, -0.15) is 0 Å². The highest BCUT2D eigenvalue weighted by Crippen LogP contribution is 2.23. The largest absolute Gasteiger partial charge is 0.486 e. The lowest BCUT2D eigenvalue weighted by Gasteiger charge is -2.33. The van der Waals surface area contributed by atoms with Crippen LogP contribution in [0.1, 0.15) is 26.3 Å². The Kier molecular flexibility index (Phi) is 6.46. The second-order valence-corrected chi connectivity index (χ2v) is 6.12. The highest BCUT2D eigenvalue weighted by molar-refractivity contribution is 5.27. The first-order valence-electron chi connectivity index (χ1n) is 6.99. The average molecular weight is 281 g/mol. The molecule has 0 spiro atoms. The summed E-state index contributed by atoms with van der Waals surface area (Å²) in [6.07, 6.45) is 0.474. The van der Waals surface area contributed by atoms with Gasteiger partial charge in [0.2, 0.25) is 0 Å². The number of aliphatic hydroxyl groups is 1. The van der Waals surface area contributed by atoms with Crippen LogP contribution in [0.25, 0.3) is 0 Å². The third kappa shape index (κ3) is 5.12. The van der Waals surface area contributed by atoms with Gasteiger partial charge in [0.05, 0.1) is 13.2 Å². The highest BCUT2D eigenvalue weighted by atomic mass is 16.5. The molecule has 2 atom stereocenters. The van der Waals surface area contributed by atoms with Crippen molar-refractivity contribution in [2.45, 2.75) is 39.3 Å². The number of rotatable bonds is 7. The smallest absolute Gasteiger partial charge is 0.137 e. The minimum Gasteiger partial charge on any atom is -0.486 e. The molecule has 114 valence electrons.